The monoisotopic (exact) mass is 230 g/mol. The SMILES string of the molecule is CCNCCNCC(C)(C)C[Si](C)(C)C. The van der Waals surface area contributed by atoms with Gasteiger partial charge in [0.1, 0.15) is 0 Å². The summed E-state index contributed by atoms with van der Waals surface area (Å²) in [5, 5.41) is 6.87. The van der Waals surface area contributed by atoms with Crippen molar-refractivity contribution >= 4 is 8.07 Å². The van der Waals surface area contributed by atoms with Crippen LogP contribution in [0.5, 0.6) is 0 Å². The number of hydrogen-bond donors (Lipinski definition) is 2. The number of nitrogens with one attached hydrogen (secondary N) is 2. The molecule has 0 aliphatic rings. The maximum atomic E-state index is 3.54. The van der Waals surface area contributed by atoms with Gasteiger partial charge in [-0.1, -0.05) is 46.5 Å². The minimum Gasteiger partial charge on any atom is -0.316 e. The summed E-state index contributed by atoms with van der Waals surface area (Å²) < 4.78 is 0. The lowest BCUT2D eigenvalue weighted by Crippen LogP contribution is -2.38. The molecule has 92 valence electrons. The predicted octanol–water partition coefficient (Wildman–Crippen LogP) is 2.55. The normalized spacial score (nSPS) is 13.2. The summed E-state index contributed by atoms with van der Waals surface area (Å²) >= 11 is 0. The molecule has 0 spiro atoms. The highest BCUT2D eigenvalue weighted by Crippen LogP contribution is 2.27. The molecule has 0 aromatic rings. The maximum absolute atomic E-state index is 3.54. The van der Waals surface area contributed by atoms with Crippen molar-refractivity contribution in [1.29, 1.82) is 0 Å². The largest absolute Gasteiger partial charge is 0.316 e. The molecule has 0 bridgehead atoms. The third-order valence-corrected chi connectivity index (χ3v) is 4.36. The molecule has 0 aromatic heterocycles. The van der Waals surface area contributed by atoms with Crippen LogP contribution in [0.15, 0.2) is 0 Å². The van der Waals surface area contributed by atoms with E-state index in [2.05, 4.69) is 51.0 Å². The van der Waals surface area contributed by atoms with Crippen LogP contribution in [0.4, 0.5) is 0 Å². The lowest BCUT2D eigenvalue weighted by molar-refractivity contribution is 0.375. The summed E-state index contributed by atoms with van der Waals surface area (Å²) in [5.41, 5.74) is 0.455. The quantitative estimate of drug-likeness (QED) is 0.495. The first kappa shape index (κ1) is 15.1. The van der Waals surface area contributed by atoms with Crippen molar-refractivity contribution in [2.45, 2.75) is 46.5 Å². The molecule has 0 aliphatic carbocycles. The van der Waals surface area contributed by atoms with Crippen LogP contribution in [0.2, 0.25) is 25.7 Å². The molecule has 0 saturated carbocycles. The molecule has 0 amide bonds. The molecule has 0 unspecified atom stereocenters. The second kappa shape index (κ2) is 6.66. The average molecular weight is 230 g/mol. The molecule has 0 radical (unpaired) electrons. The molecule has 2 N–H and O–H groups in total. The van der Waals surface area contributed by atoms with Crippen LogP contribution in [0.3, 0.4) is 0 Å². The smallest absolute Gasteiger partial charge is 0.0448 e. The number of likely N-dealkylation sites (N-methyl/N-ethyl adjacent to an activating group) is 1. The molecule has 2 nitrogen and oxygen atoms in total. The van der Waals surface area contributed by atoms with E-state index in [0.29, 0.717) is 5.41 Å². The van der Waals surface area contributed by atoms with Gasteiger partial charge in [0.25, 0.3) is 0 Å². The Bertz CT molecular complexity index is 161. The van der Waals surface area contributed by atoms with E-state index >= 15 is 0 Å². The minimum absolute atomic E-state index is 0.455. The van der Waals surface area contributed by atoms with Gasteiger partial charge in [-0.2, -0.15) is 0 Å². The van der Waals surface area contributed by atoms with Crippen LogP contribution in [0.1, 0.15) is 20.8 Å². The predicted molar refractivity (Wildman–Crippen MR) is 73.3 cm³/mol. The lowest BCUT2D eigenvalue weighted by atomic mass is 9.96. The van der Waals surface area contributed by atoms with Crippen LogP contribution in [-0.2, 0) is 0 Å². The Hall–Kier alpha value is 0.137. The summed E-state index contributed by atoms with van der Waals surface area (Å²) in [6, 6.07) is 1.40. The molecule has 15 heavy (non-hydrogen) atoms. The topological polar surface area (TPSA) is 24.1 Å². The van der Waals surface area contributed by atoms with Gasteiger partial charge in [-0.05, 0) is 12.0 Å². The van der Waals surface area contributed by atoms with Crippen molar-refractivity contribution in [2.75, 3.05) is 26.2 Å². The Morgan fingerprint density at radius 2 is 1.53 bits per heavy atom. The second-order valence-electron chi connectivity index (χ2n) is 6.43. The van der Waals surface area contributed by atoms with Crippen molar-refractivity contribution in [3.8, 4) is 0 Å². The van der Waals surface area contributed by atoms with E-state index < -0.39 is 8.07 Å². The van der Waals surface area contributed by atoms with E-state index in [0.717, 1.165) is 26.2 Å². The van der Waals surface area contributed by atoms with Crippen LogP contribution in [-0.4, -0.2) is 34.3 Å². The standard InChI is InChI=1S/C12H30N2Si/c1-7-13-8-9-14-10-12(2,3)11-15(4,5)6/h13-14H,7-11H2,1-6H3. The van der Waals surface area contributed by atoms with Gasteiger partial charge in [0.05, 0.1) is 0 Å². The Morgan fingerprint density at radius 3 is 2.00 bits per heavy atom. The molecule has 0 aromatic carbocycles. The van der Waals surface area contributed by atoms with Gasteiger partial charge in [0.15, 0.2) is 0 Å². The maximum Gasteiger partial charge on any atom is 0.0448 e. The first-order valence-electron chi connectivity index (χ1n) is 6.18. The fourth-order valence-electron chi connectivity index (χ4n) is 2.28. The molecule has 0 atom stereocenters. The van der Waals surface area contributed by atoms with E-state index in [9.17, 15) is 0 Å². The fourth-order valence-corrected chi connectivity index (χ4v) is 5.27. The van der Waals surface area contributed by atoms with E-state index in [1.165, 1.54) is 6.04 Å². The lowest BCUT2D eigenvalue weighted by Gasteiger charge is -2.31. The van der Waals surface area contributed by atoms with E-state index in [1.807, 2.05) is 0 Å². The van der Waals surface area contributed by atoms with Crippen LogP contribution in [0.25, 0.3) is 0 Å². The Morgan fingerprint density at radius 1 is 1.00 bits per heavy atom. The van der Waals surface area contributed by atoms with Crippen molar-refractivity contribution in [3.63, 3.8) is 0 Å². The summed E-state index contributed by atoms with van der Waals surface area (Å²) in [4.78, 5) is 0. The highest BCUT2D eigenvalue weighted by Gasteiger charge is 2.26. The Balaban J connectivity index is 3.65. The zero-order chi connectivity index (χ0) is 11.9. The fraction of sp³-hybridized carbons (Fsp3) is 1.00. The molecule has 0 heterocycles. The molecule has 3 heteroatoms. The van der Waals surface area contributed by atoms with Gasteiger partial charge < -0.3 is 10.6 Å². The van der Waals surface area contributed by atoms with Crippen LogP contribution in [0, 0.1) is 5.41 Å². The first-order valence-corrected chi connectivity index (χ1v) is 9.89. The van der Waals surface area contributed by atoms with Crippen molar-refractivity contribution in [1.82, 2.24) is 10.6 Å². The van der Waals surface area contributed by atoms with Crippen molar-refractivity contribution in [3.05, 3.63) is 0 Å². The molecule has 0 fully saturated rings. The average Bonchev–Trinajstić information content (AvgIpc) is 1.99. The number of hydrogen-bond acceptors (Lipinski definition) is 2. The van der Waals surface area contributed by atoms with Gasteiger partial charge in [0, 0.05) is 27.7 Å². The highest BCUT2D eigenvalue weighted by atomic mass is 28.3. The van der Waals surface area contributed by atoms with Crippen molar-refractivity contribution in [2.24, 2.45) is 5.41 Å². The van der Waals surface area contributed by atoms with Gasteiger partial charge in [-0.15, -0.1) is 0 Å². The Labute approximate surface area is 97.2 Å². The van der Waals surface area contributed by atoms with E-state index in [1.54, 1.807) is 0 Å². The molecule has 0 rings (SSSR count). The van der Waals surface area contributed by atoms with Gasteiger partial charge in [0.2, 0.25) is 0 Å². The van der Waals surface area contributed by atoms with E-state index in [4.69, 9.17) is 0 Å². The zero-order valence-corrected chi connectivity index (χ0v) is 12.5. The summed E-state index contributed by atoms with van der Waals surface area (Å²) in [5.74, 6) is 0. The third kappa shape index (κ3) is 10.4. The molecular formula is C12H30N2Si. The third-order valence-electron chi connectivity index (χ3n) is 2.34. The molecular weight excluding hydrogens is 200 g/mol. The molecule has 0 saturated heterocycles. The van der Waals surface area contributed by atoms with Crippen LogP contribution >= 0.6 is 0 Å². The van der Waals surface area contributed by atoms with E-state index in [-0.39, 0.29) is 0 Å². The van der Waals surface area contributed by atoms with Gasteiger partial charge in [-0.25, -0.2) is 0 Å². The molecule has 0 aliphatic heterocycles. The second-order valence-corrected chi connectivity index (χ2v) is 11.9. The number of rotatable bonds is 8. The first-order chi connectivity index (χ1) is 6.77. The highest BCUT2D eigenvalue weighted by molar-refractivity contribution is 6.76. The minimum atomic E-state index is -0.924. The van der Waals surface area contributed by atoms with Crippen molar-refractivity contribution < 1.29 is 0 Å². The zero-order valence-electron chi connectivity index (χ0n) is 11.5. The van der Waals surface area contributed by atoms with Gasteiger partial charge in [-0.3, -0.25) is 0 Å². The summed E-state index contributed by atoms with van der Waals surface area (Å²) in [7, 11) is -0.924. The van der Waals surface area contributed by atoms with Crippen LogP contribution < -0.4 is 10.6 Å². The van der Waals surface area contributed by atoms with Gasteiger partial charge >= 0.3 is 0 Å². The summed E-state index contributed by atoms with van der Waals surface area (Å²) in [6.07, 6.45) is 0. The summed E-state index contributed by atoms with van der Waals surface area (Å²) in [6.45, 7) is 18.6. The Kier molecular flexibility index (Phi) is 6.72.